The molecular weight excluding hydrogens is 195 g/mol. The van der Waals surface area contributed by atoms with Crippen LogP contribution in [0.4, 0.5) is 18.9 Å². The molecule has 1 rings (SSSR count). The van der Waals surface area contributed by atoms with Gasteiger partial charge in [0.25, 0.3) is 0 Å². The van der Waals surface area contributed by atoms with Crippen molar-refractivity contribution in [2.45, 2.75) is 6.18 Å². The van der Waals surface area contributed by atoms with Crippen molar-refractivity contribution in [3.05, 3.63) is 40.8 Å². The molecular formula is C9H6F3NO. The average Bonchev–Trinajstić information content (AvgIpc) is 2.15. The fraction of sp³-hybridized carbons (Fsp3) is 0.111. The van der Waals surface area contributed by atoms with Gasteiger partial charge in [-0.1, -0.05) is 18.7 Å². The molecule has 0 bridgehead atoms. The molecule has 0 aromatic heterocycles. The SMILES string of the molecule is C=Cc1ccc(N=O)cc1C(F)(F)F. The normalized spacial score (nSPS) is 11.1. The van der Waals surface area contributed by atoms with Gasteiger partial charge in [0.1, 0.15) is 5.69 Å². The van der Waals surface area contributed by atoms with Gasteiger partial charge in [0, 0.05) is 0 Å². The van der Waals surface area contributed by atoms with Gasteiger partial charge >= 0.3 is 6.18 Å². The number of hydrogen-bond acceptors (Lipinski definition) is 2. The summed E-state index contributed by atoms with van der Waals surface area (Å²) in [6.07, 6.45) is -3.42. The van der Waals surface area contributed by atoms with Crippen LogP contribution in [0.3, 0.4) is 0 Å². The zero-order valence-corrected chi connectivity index (χ0v) is 7.01. The monoisotopic (exact) mass is 201 g/mol. The summed E-state index contributed by atoms with van der Waals surface area (Å²) in [4.78, 5) is 10.0. The molecule has 74 valence electrons. The van der Waals surface area contributed by atoms with E-state index >= 15 is 0 Å². The van der Waals surface area contributed by atoms with Crippen LogP contribution in [0.1, 0.15) is 11.1 Å². The Bertz CT molecular complexity index is 371. The van der Waals surface area contributed by atoms with Crippen LogP contribution in [0.5, 0.6) is 0 Å². The van der Waals surface area contributed by atoms with Crippen LogP contribution >= 0.6 is 0 Å². The molecule has 5 heteroatoms. The third-order valence-corrected chi connectivity index (χ3v) is 1.67. The molecule has 0 N–H and O–H groups in total. The summed E-state index contributed by atoms with van der Waals surface area (Å²) in [5.74, 6) is 0. The van der Waals surface area contributed by atoms with Gasteiger partial charge in [-0.2, -0.15) is 13.2 Å². The predicted molar refractivity (Wildman–Crippen MR) is 47.0 cm³/mol. The van der Waals surface area contributed by atoms with Crippen LogP contribution in [-0.4, -0.2) is 0 Å². The first kappa shape index (κ1) is 10.4. The number of alkyl halides is 3. The molecule has 0 aliphatic carbocycles. The average molecular weight is 201 g/mol. The molecule has 1 aromatic carbocycles. The van der Waals surface area contributed by atoms with E-state index in [0.29, 0.717) is 6.07 Å². The summed E-state index contributed by atoms with van der Waals surface area (Å²) in [6.45, 7) is 3.25. The summed E-state index contributed by atoms with van der Waals surface area (Å²) in [7, 11) is 0. The van der Waals surface area contributed by atoms with E-state index in [1.165, 1.54) is 6.07 Å². The van der Waals surface area contributed by atoms with Crippen molar-refractivity contribution >= 4 is 11.8 Å². The molecule has 0 saturated heterocycles. The van der Waals surface area contributed by atoms with Crippen molar-refractivity contribution in [2.24, 2.45) is 5.18 Å². The third-order valence-electron chi connectivity index (χ3n) is 1.67. The first-order valence-electron chi connectivity index (χ1n) is 3.66. The molecule has 14 heavy (non-hydrogen) atoms. The standard InChI is InChI=1S/C9H6F3NO/c1-2-6-3-4-7(13-14)5-8(6)9(10,11)12/h2-5H,1H2. The first-order chi connectivity index (χ1) is 6.49. The highest BCUT2D eigenvalue weighted by molar-refractivity contribution is 5.57. The van der Waals surface area contributed by atoms with Gasteiger partial charge in [0.05, 0.1) is 5.56 Å². The molecule has 2 nitrogen and oxygen atoms in total. The van der Waals surface area contributed by atoms with Crippen LogP contribution in [0.15, 0.2) is 30.0 Å². The number of rotatable bonds is 2. The predicted octanol–water partition coefficient (Wildman–Crippen LogP) is 3.75. The molecule has 0 heterocycles. The summed E-state index contributed by atoms with van der Waals surface area (Å²) in [6, 6.07) is 3.07. The van der Waals surface area contributed by atoms with Gasteiger partial charge in [-0.15, -0.1) is 4.91 Å². The van der Waals surface area contributed by atoms with Crippen molar-refractivity contribution in [3.63, 3.8) is 0 Å². The molecule has 0 fully saturated rings. The molecule has 0 amide bonds. The lowest BCUT2D eigenvalue weighted by Gasteiger charge is -2.09. The van der Waals surface area contributed by atoms with E-state index in [4.69, 9.17) is 0 Å². The van der Waals surface area contributed by atoms with E-state index in [1.807, 2.05) is 0 Å². The summed E-state index contributed by atoms with van der Waals surface area (Å²) < 4.78 is 37.1. The number of halogens is 3. The molecule has 0 aliphatic heterocycles. The zero-order chi connectivity index (χ0) is 10.8. The van der Waals surface area contributed by atoms with Gasteiger partial charge in [-0.25, -0.2) is 0 Å². The molecule has 0 spiro atoms. The van der Waals surface area contributed by atoms with Crippen LogP contribution in [0, 0.1) is 4.91 Å². The minimum atomic E-state index is -4.50. The third kappa shape index (κ3) is 1.99. The number of benzene rings is 1. The lowest BCUT2D eigenvalue weighted by Crippen LogP contribution is -2.06. The molecule has 0 aliphatic rings. The second-order valence-corrected chi connectivity index (χ2v) is 2.56. The molecule has 1 aromatic rings. The number of nitrogens with zero attached hydrogens (tertiary/aromatic N) is 1. The highest BCUT2D eigenvalue weighted by Gasteiger charge is 2.32. The summed E-state index contributed by atoms with van der Waals surface area (Å²) in [5, 5.41) is 2.44. The molecule has 0 radical (unpaired) electrons. The molecule has 0 saturated carbocycles. The lowest BCUT2D eigenvalue weighted by atomic mass is 10.1. The molecule has 0 atom stereocenters. The fourth-order valence-corrected chi connectivity index (χ4v) is 1.02. The van der Waals surface area contributed by atoms with E-state index in [0.717, 1.165) is 12.1 Å². The maximum atomic E-state index is 12.4. The zero-order valence-electron chi connectivity index (χ0n) is 7.01. The van der Waals surface area contributed by atoms with Crippen molar-refractivity contribution in [1.82, 2.24) is 0 Å². The summed E-state index contributed by atoms with van der Waals surface area (Å²) in [5.41, 5.74) is -1.21. The van der Waals surface area contributed by atoms with Crippen LogP contribution in [0.25, 0.3) is 6.08 Å². The maximum Gasteiger partial charge on any atom is 0.417 e. The number of hydrogen-bond donors (Lipinski definition) is 0. The minimum Gasteiger partial charge on any atom is -0.166 e. The molecule has 0 unspecified atom stereocenters. The Kier molecular flexibility index (Phi) is 2.69. The first-order valence-corrected chi connectivity index (χ1v) is 3.66. The van der Waals surface area contributed by atoms with Crippen LogP contribution in [-0.2, 0) is 6.18 Å². The Morgan fingerprint density at radius 1 is 1.36 bits per heavy atom. The van der Waals surface area contributed by atoms with Crippen molar-refractivity contribution in [2.75, 3.05) is 0 Å². The van der Waals surface area contributed by atoms with Crippen molar-refractivity contribution in [3.8, 4) is 0 Å². The van der Waals surface area contributed by atoms with Gasteiger partial charge < -0.3 is 0 Å². The largest absolute Gasteiger partial charge is 0.417 e. The Morgan fingerprint density at radius 3 is 2.43 bits per heavy atom. The van der Waals surface area contributed by atoms with E-state index in [1.54, 1.807) is 0 Å². The Labute approximate surface area is 78.0 Å². The van der Waals surface area contributed by atoms with Gasteiger partial charge in [-0.3, -0.25) is 0 Å². The van der Waals surface area contributed by atoms with Gasteiger partial charge in [0.15, 0.2) is 0 Å². The van der Waals surface area contributed by atoms with Gasteiger partial charge in [0.2, 0.25) is 0 Å². The Balaban J connectivity index is 3.36. The van der Waals surface area contributed by atoms with Gasteiger partial charge in [-0.05, 0) is 22.9 Å². The Morgan fingerprint density at radius 2 is 2.00 bits per heavy atom. The fourth-order valence-electron chi connectivity index (χ4n) is 1.02. The van der Waals surface area contributed by atoms with E-state index in [-0.39, 0.29) is 11.3 Å². The van der Waals surface area contributed by atoms with E-state index in [9.17, 15) is 18.1 Å². The highest BCUT2D eigenvalue weighted by Crippen LogP contribution is 2.34. The second kappa shape index (κ2) is 3.61. The quantitative estimate of drug-likeness (QED) is 0.670. The van der Waals surface area contributed by atoms with Crippen LogP contribution in [0.2, 0.25) is 0 Å². The highest BCUT2D eigenvalue weighted by atomic mass is 19.4. The second-order valence-electron chi connectivity index (χ2n) is 2.56. The maximum absolute atomic E-state index is 12.4. The smallest absolute Gasteiger partial charge is 0.166 e. The van der Waals surface area contributed by atoms with Crippen LogP contribution < -0.4 is 0 Å². The summed E-state index contributed by atoms with van der Waals surface area (Å²) >= 11 is 0. The lowest BCUT2D eigenvalue weighted by molar-refractivity contribution is -0.137. The Hall–Kier alpha value is -1.65. The topological polar surface area (TPSA) is 29.4 Å². The van der Waals surface area contributed by atoms with Crippen molar-refractivity contribution in [1.29, 1.82) is 0 Å². The minimum absolute atomic E-state index is 0.0649. The number of nitroso groups, excluding NO2 is 1. The van der Waals surface area contributed by atoms with Crippen molar-refractivity contribution < 1.29 is 13.2 Å². The van der Waals surface area contributed by atoms with E-state index < -0.39 is 11.7 Å². The van der Waals surface area contributed by atoms with E-state index in [2.05, 4.69) is 11.8 Å².